The summed E-state index contributed by atoms with van der Waals surface area (Å²) >= 11 is 3.53. The number of nitrogens with one attached hydrogen (secondary N) is 1. The first-order chi connectivity index (χ1) is 7.76. The average molecular weight is 283 g/mol. The molecule has 3 heteroatoms. The van der Waals surface area contributed by atoms with Gasteiger partial charge in [-0.3, -0.25) is 4.90 Å². The van der Waals surface area contributed by atoms with Gasteiger partial charge in [-0.2, -0.15) is 0 Å². The van der Waals surface area contributed by atoms with Crippen LogP contribution in [-0.4, -0.2) is 24.5 Å². The average Bonchev–Trinajstić information content (AvgIpc) is 2.30. The van der Waals surface area contributed by atoms with Crippen LogP contribution in [0.15, 0.2) is 22.7 Å². The molecule has 1 N–H and O–H groups in total. The maximum atomic E-state index is 3.53. The zero-order valence-electron chi connectivity index (χ0n) is 9.96. The lowest BCUT2D eigenvalue weighted by atomic mass is 9.96. The van der Waals surface area contributed by atoms with Crippen molar-refractivity contribution in [1.82, 2.24) is 4.90 Å². The fourth-order valence-corrected chi connectivity index (χ4v) is 2.88. The predicted octanol–water partition coefficient (Wildman–Crippen LogP) is 3.65. The minimum absolute atomic E-state index is 0.583. The van der Waals surface area contributed by atoms with Crippen LogP contribution in [0.3, 0.4) is 0 Å². The molecule has 0 spiro atoms. The van der Waals surface area contributed by atoms with Crippen LogP contribution in [0, 0.1) is 0 Å². The molecule has 1 atom stereocenters. The Bertz CT molecular complexity index is 361. The summed E-state index contributed by atoms with van der Waals surface area (Å²) in [6.45, 7) is 7.80. The molecule has 1 unspecified atom stereocenters. The highest BCUT2D eigenvalue weighted by molar-refractivity contribution is 9.10. The van der Waals surface area contributed by atoms with Crippen molar-refractivity contribution in [2.75, 3.05) is 25.0 Å². The van der Waals surface area contributed by atoms with Gasteiger partial charge in [0.2, 0.25) is 0 Å². The fraction of sp³-hybridized carbons (Fsp3) is 0.538. The molecular weight excluding hydrogens is 264 g/mol. The van der Waals surface area contributed by atoms with Gasteiger partial charge in [-0.05, 0) is 37.2 Å². The number of halogens is 1. The smallest absolute Gasteiger partial charge is 0.0400 e. The number of fused-ring (bicyclic) bond motifs is 1. The van der Waals surface area contributed by atoms with E-state index in [0.717, 1.165) is 24.1 Å². The third-order valence-electron chi connectivity index (χ3n) is 3.36. The molecule has 0 saturated carbocycles. The van der Waals surface area contributed by atoms with Crippen LogP contribution in [0.1, 0.15) is 31.9 Å². The second-order valence-corrected chi connectivity index (χ2v) is 5.10. The lowest BCUT2D eigenvalue weighted by Gasteiger charge is -2.35. The molecule has 0 aliphatic carbocycles. The summed E-state index contributed by atoms with van der Waals surface area (Å²) in [6.07, 6.45) is 1.20. The van der Waals surface area contributed by atoms with Crippen LogP contribution in [0.25, 0.3) is 0 Å². The fourth-order valence-electron chi connectivity index (χ4n) is 2.51. The first-order valence-corrected chi connectivity index (χ1v) is 6.83. The first kappa shape index (κ1) is 11.9. The van der Waals surface area contributed by atoms with Gasteiger partial charge in [0.25, 0.3) is 0 Å². The van der Waals surface area contributed by atoms with E-state index in [9.17, 15) is 0 Å². The Morgan fingerprint density at radius 3 is 2.81 bits per heavy atom. The highest BCUT2D eigenvalue weighted by Gasteiger charge is 2.23. The molecule has 0 fully saturated rings. The van der Waals surface area contributed by atoms with Crippen molar-refractivity contribution in [1.29, 1.82) is 0 Å². The maximum Gasteiger partial charge on any atom is 0.0400 e. The van der Waals surface area contributed by atoms with E-state index in [1.54, 1.807) is 0 Å². The standard InChI is InChI=1S/C13H19BrN2/c1-3-16(4-2)13-7-8-15-12-9-10(14)5-6-11(12)13/h5-6,9,13,15H,3-4,7-8H2,1-2H3. The van der Waals surface area contributed by atoms with Gasteiger partial charge in [-0.1, -0.05) is 35.8 Å². The number of benzene rings is 1. The summed E-state index contributed by atoms with van der Waals surface area (Å²) in [5.41, 5.74) is 2.73. The Morgan fingerprint density at radius 1 is 1.38 bits per heavy atom. The molecule has 16 heavy (non-hydrogen) atoms. The van der Waals surface area contributed by atoms with Crippen molar-refractivity contribution in [2.45, 2.75) is 26.3 Å². The SMILES string of the molecule is CCN(CC)C1CCNc2cc(Br)ccc21. The largest absolute Gasteiger partial charge is 0.385 e. The van der Waals surface area contributed by atoms with E-state index in [0.29, 0.717) is 6.04 Å². The van der Waals surface area contributed by atoms with Crippen molar-refractivity contribution in [3.05, 3.63) is 28.2 Å². The van der Waals surface area contributed by atoms with Gasteiger partial charge in [0.1, 0.15) is 0 Å². The molecule has 2 nitrogen and oxygen atoms in total. The number of nitrogens with zero attached hydrogens (tertiary/aromatic N) is 1. The Labute approximate surface area is 106 Å². The van der Waals surface area contributed by atoms with Gasteiger partial charge in [-0.25, -0.2) is 0 Å². The van der Waals surface area contributed by atoms with E-state index in [-0.39, 0.29) is 0 Å². The zero-order valence-corrected chi connectivity index (χ0v) is 11.5. The van der Waals surface area contributed by atoms with Crippen LogP contribution in [0.4, 0.5) is 5.69 Å². The van der Waals surface area contributed by atoms with Gasteiger partial charge < -0.3 is 5.32 Å². The molecule has 0 aromatic heterocycles. The molecule has 1 aromatic carbocycles. The molecule has 0 amide bonds. The van der Waals surface area contributed by atoms with Crippen molar-refractivity contribution in [2.24, 2.45) is 0 Å². The lowest BCUT2D eigenvalue weighted by Crippen LogP contribution is -2.32. The van der Waals surface area contributed by atoms with E-state index in [1.165, 1.54) is 17.7 Å². The predicted molar refractivity (Wildman–Crippen MR) is 72.9 cm³/mol. The van der Waals surface area contributed by atoms with Crippen LogP contribution in [0.2, 0.25) is 0 Å². The minimum Gasteiger partial charge on any atom is -0.385 e. The van der Waals surface area contributed by atoms with E-state index < -0.39 is 0 Å². The highest BCUT2D eigenvalue weighted by atomic mass is 79.9. The lowest BCUT2D eigenvalue weighted by molar-refractivity contribution is 0.209. The van der Waals surface area contributed by atoms with Gasteiger partial charge in [-0.15, -0.1) is 0 Å². The summed E-state index contributed by atoms with van der Waals surface area (Å²) < 4.78 is 1.15. The van der Waals surface area contributed by atoms with Crippen LogP contribution in [-0.2, 0) is 0 Å². The van der Waals surface area contributed by atoms with Crippen LogP contribution < -0.4 is 5.32 Å². The molecule has 0 radical (unpaired) electrons. The molecule has 2 rings (SSSR count). The summed E-state index contributed by atoms with van der Waals surface area (Å²) in [5.74, 6) is 0. The number of anilines is 1. The van der Waals surface area contributed by atoms with E-state index in [4.69, 9.17) is 0 Å². The van der Waals surface area contributed by atoms with Gasteiger partial charge >= 0.3 is 0 Å². The van der Waals surface area contributed by atoms with Crippen molar-refractivity contribution >= 4 is 21.6 Å². The molecule has 0 bridgehead atoms. The van der Waals surface area contributed by atoms with E-state index in [1.807, 2.05) is 0 Å². The quantitative estimate of drug-likeness (QED) is 0.911. The third kappa shape index (κ3) is 2.25. The first-order valence-electron chi connectivity index (χ1n) is 6.03. The number of rotatable bonds is 3. The van der Waals surface area contributed by atoms with Crippen LogP contribution >= 0.6 is 15.9 Å². The Balaban J connectivity index is 2.32. The van der Waals surface area contributed by atoms with Crippen molar-refractivity contribution in [3.8, 4) is 0 Å². The molecule has 0 saturated heterocycles. The summed E-state index contributed by atoms with van der Waals surface area (Å²) in [6, 6.07) is 7.15. The topological polar surface area (TPSA) is 15.3 Å². The monoisotopic (exact) mass is 282 g/mol. The summed E-state index contributed by atoms with van der Waals surface area (Å²) in [4.78, 5) is 2.54. The second kappa shape index (κ2) is 5.19. The summed E-state index contributed by atoms with van der Waals surface area (Å²) in [7, 11) is 0. The van der Waals surface area contributed by atoms with Crippen LogP contribution in [0.5, 0.6) is 0 Å². The Hall–Kier alpha value is -0.540. The van der Waals surface area contributed by atoms with Gasteiger partial charge in [0, 0.05) is 22.7 Å². The Kier molecular flexibility index (Phi) is 3.87. The van der Waals surface area contributed by atoms with Crippen molar-refractivity contribution in [3.63, 3.8) is 0 Å². The number of hydrogen-bond acceptors (Lipinski definition) is 2. The molecule has 1 aliphatic heterocycles. The molecule has 1 aliphatic rings. The van der Waals surface area contributed by atoms with Gasteiger partial charge in [0.05, 0.1) is 0 Å². The summed E-state index contributed by atoms with van der Waals surface area (Å²) in [5, 5.41) is 3.48. The molecular formula is C13H19BrN2. The Morgan fingerprint density at radius 2 is 2.12 bits per heavy atom. The van der Waals surface area contributed by atoms with Gasteiger partial charge in [0.15, 0.2) is 0 Å². The highest BCUT2D eigenvalue weighted by Crippen LogP contribution is 2.35. The third-order valence-corrected chi connectivity index (χ3v) is 3.85. The normalized spacial score (nSPS) is 19.4. The van der Waals surface area contributed by atoms with Crippen molar-refractivity contribution < 1.29 is 0 Å². The minimum atomic E-state index is 0.583. The number of hydrogen-bond donors (Lipinski definition) is 1. The molecule has 88 valence electrons. The maximum absolute atomic E-state index is 3.53. The zero-order chi connectivity index (χ0) is 11.5. The van der Waals surface area contributed by atoms with E-state index >= 15 is 0 Å². The molecule has 1 heterocycles. The van der Waals surface area contributed by atoms with E-state index in [2.05, 4.69) is 58.2 Å². The molecule has 1 aromatic rings. The second-order valence-electron chi connectivity index (χ2n) is 4.18.